The topological polar surface area (TPSA) is 135 Å². The first-order valence-electron chi connectivity index (χ1n) is 4.62. The normalized spacial score (nSPS) is 13.0. The molecule has 2 N–H and O–H groups in total. The minimum absolute atomic E-state index is 0.748. The highest BCUT2D eigenvalue weighted by molar-refractivity contribution is 7.92. The van der Waals surface area contributed by atoms with Crippen molar-refractivity contribution in [2.45, 2.75) is 17.3 Å². The van der Waals surface area contributed by atoms with Crippen molar-refractivity contribution >= 4 is 21.5 Å². The molecule has 98 valence electrons. The Kier molecular flexibility index (Phi) is 3.67. The minimum Gasteiger partial charge on any atom is -0.477 e. The molecule has 1 rings (SSSR count). The van der Waals surface area contributed by atoms with Crippen LogP contribution in [-0.2, 0) is 9.84 Å². The maximum atomic E-state index is 11.7. The van der Waals surface area contributed by atoms with E-state index in [1.807, 2.05) is 0 Å². The summed E-state index contributed by atoms with van der Waals surface area (Å²) in [6.07, 6.45) is 0. The van der Waals surface area contributed by atoms with Crippen LogP contribution >= 0.6 is 0 Å². The Morgan fingerprint density at radius 2 is 2.00 bits per heavy atom. The van der Waals surface area contributed by atoms with E-state index in [1.165, 1.54) is 0 Å². The number of para-hydroxylation sites is 1. The summed E-state index contributed by atoms with van der Waals surface area (Å²) in [5.41, 5.74) is -3.67. The lowest BCUT2D eigenvalue weighted by Gasteiger charge is -2.08. The Morgan fingerprint density at radius 3 is 2.39 bits per heavy atom. The molecule has 0 bridgehead atoms. The van der Waals surface area contributed by atoms with Gasteiger partial charge in [0.2, 0.25) is 9.84 Å². The minimum atomic E-state index is -4.36. The molecule has 8 nitrogen and oxygen atoms in total. The van der Waals surface area contributed by atoms with Gasteiger partial charge in [0.15, 0.2) is 5.44 Å². The van der Waals surface area contributed by atoms with Crippen LogP contribution in [0.25, 0.3) is 0 Å². The SMILES string of the molecule is CC(O)S(=O)(=O)c1cccc(C(=O)O)c1[N+](=O)[O-]. The van der Waals surface area contributed by atoms with Gasteiger partial charge in [0.1, 0.15) is 10.5 Å². The summed E-state index contributed by atoms with van der Waals surface area (Å²) in [7, 11) is -4.36. The second-order valence-corrected chi connectivity index (χ2v) is 5.57. The van der Waals surface area contributed by atoms with Gasteiger partial charge in [-0.05, 0) is 19.1 Å². The van der Waals surface area contributed by atoms with Gasteiger partial charge in [0, 0.05) is 0 Å². The van der Waals surface area contributed by atoms with E-state index in [4.69, 9.17) is 10.2 Å². The van der Waals surface area contributed by atoms with Crippen molar-refractivity contribution in [1.29, 1.82) is 0 Å². The van der Waals surface area contributed by atoms with Crippen molar-refractivity contribution in [2.24, 2.45) is 0 Å². The lowest BCUT2D eigenvalue weighted by atomic mass is 10.2. The van der Waals surface area contributed by atoms with Gasteiger partial charge in [-0.15, -0.1) is 0 Å². The fourth-order valence-corrected chi connectivity index (χ4v) is 2.39. The molecule has 0 aliphatic rings. The molecular formula is C9H9NO7S. The largest absolute Gasteiger partial charge is 0.477 e. The number of nitro groups is 1. The maximum absolute atomic E-state index is 11.7. The molecule has 0 fully saturated rings. The molecule has 0 aliphatic heterocycles. The Morgan fingerprint density at radius 1 is 1.44 bits per heavy atom. The molecule has 1 aromatic rings. The molecule has 0 saturated carbocycles. The molecule has 0 aromatic heterocycles. The van der Waals surface area contributed by atoms with Gasteiger partial charge in [0.25, 0.3) is 0 Å². The van der Waals surface area contributed by atoms with Crippen molar-refractivity contribution in [1.82, 2.24) is 0 Å². The van der Waals surface area contributed by atoms with E-state index in [2.05, 4.69) is 0 Å². The number of carboxylic acid groups (broad SMARTS) is 1. The van der Waals surface area contributed by atoms with E-state index in [-0.39, 0.29) is 0 Å². The van der Waals surface area contributed by atoms with Crippen molar-refractivity contribution in [2.75, 3.05) is 0 Å². The molecular weight excluding hydrogens is 266 g/mol. The van der Waals surface area contributed by atoms with Gasteiger partial charge in [-0.1, -0.05) is 6.07 Å². The molecule has 1 atom stereocenters. The summed E-state index contributed by atoms with van der Waals surface area (Å²) in [5, 5.41) is 28.7. The van der Waals surface area contributed by atoms with Gasteiger partial charge in [-0.25, -0.2) is 13.2 Å². The number of benzene rings is 1. The molecule has 0 heterocycles. The first-order valence-corrected chi connectivity index (χ1v) is 6.17. The third-order valence-electron chi connectivity index (χ3n) is 2.17. The summed E-state index contributed by atoms with van der Waals surface area (Å²) >= 11 is 0. The predicted octanol–water partition coefficient (Wildman–Crippen LogP) is 0.405. The quantitative estimate of drug-likeness (QED) is 0.599. The molecule has 1 unspecified atom stereocenters. The van der Waals surface area contributed by atoms with Crippen molar-refractivity contribution in [3.8, 4) is 0 Å². The van der Waals surface area contributed by atoms with E-state index < -0.39 is 42.3 Å². The molecule has 0 saturated heterocycles. The number of rotatable bonds is 4. The number of aromatic carboxylic acids is 1. The van der Waals surface area contributed by atoms with Crippen LogP contribution < -0.4 is 0 Å². The van der Waals surface area contributed by atoms with Crippen molar-refractivity contribution in [3.63, 3.8) is 0 Å². The van der Waals surface area contributed by atoms with E-state index in [0.717, 1.165) is 25.1 Å². The number of nitro benzene ring substituents is 1. The predicted molar refractivity (Wildman–Crippen MR) is 58.9 cm³/mol. The zero-order valence-electron chi connectivity index (χ0n) is 9.10. The number of hydrogen-bond donors (Lipinski definition) is 2. The highest BCUT2D eigenvalue weighted by Gasteiger charge is 2.33. The van der Waals surface area contributed by atoms with E-state index in [1.54, 1.807) is 0 Å². The van der Waals surface area contributed by atoms with E-state index in [0.29, 0.717) is 0 Å². The highest BCUT2D eigenvalue weighted by Crippen LogP contribution is 2.29. The second-order valence-electron chi connectivity index (χ2n) is 3.36. The van der Waals surface area contributed by atoms with Gasteiger partial charge < -0.3 is 10.2 Å². The number of aliphatic hydroxyl groups excluding tert-OH is 1. The van der Waals surface area contributed by atoms with Crippen LogP contribution in [-0.4, -0.2) is 35.0 Å². The van der Waals surface area contributed by atoms with Crippen LogP contribution in [0.2, 0.25) is 0 Å². The molecule has 1 aromatic carbocycles. The number of carboxylic acids is 1. The first kappa shape index (κ1) is 14.1. The molecule has 0 spiro atoms. The van der Waals surface area contributed by atoms with Crippen molar-refractivity contribution in [3.05, 3.63) is 33.9 Å². The van der Waals surface area contributed by atoms with Gasteiger partial charge in [0.05, 0.1) is 4.92 Å². The number of sulfone groups is 1. The second kappa shape index (κ2) is 4.70. The molecule has 0 amide bonds. The number of nitrogens with zero attached hydrogens (tertiary/aromatic N) is 1. The average molecular weight is 275 g/mol. The van der Waals surface area contributed by atoms with Gasteiger partial charge >= 0.3 is 11.7 Å². The van der Waals surface area contributed by atoms with E-state index in [9.17, 15) is 23.3 Å². The molecule has 0 radical (unpaired) electrons. The molecule has 9 heteroatoms. The van der Waals surface area contributed by atoms with Gasteiger partial charge in [-0.3, -0.25) is 10.1 Å². The summed E-state index contributed by atoms with van der Waals surface area (Å²) < 4.78 is 23.4. The fraction of sp³-hybridized carbons (Fsp3) is 0.222. The number of aliphatic hydroxyl groups is 1. The molecule has 0 aliphatic carbocycles. The van der Waals surface area contributed by atoms with Crippen LogP contribution in [0.15, 0.2) is 23.1 Å². The third kappa shape index (κ3) is 2.31. The Bertz CT molecular complexity index is 605. The average Bonchev–Trinajstić information content (AvgIpc) is 2.27. The summed E-state index contributed by atoms with van der Waals surface area (Å²) in [6, 6.07) is 2.86. The fourth-order valence-electron chi connectivity index (χ4n) is 1.30. The summed E-state index contributed by atoms with van der Waals surface area (Å²) in [4.78, 5) is 19.7. The monoisotopic (exact) mass is 275 g/mol. The van der Waals surface area contributed by atoms with Crippen LogP contribution in [0, 0.1) is 10.1 Å². The highest BCUT2D eigenvalue weighted by atomic mass is 32.2. The lowest BCUT2D eigenvalue weighted by molar-refractivity contribution is -0.388. The summed E-state index contributed by atoms with van der Waals surface area (Å²) in [5.74, 6) is -1.62. The van der Waals surface area contributed by atoms with Crippen LogP contribution in [0.1, 0.15) is 17.3 Å². The van der Waals surface area contributed by atoms with E-state index >= 15 is 0 Å². The summed E-state index contributed by atoms with van der Waals surface area (Å²) in [6.45, 7) is 0.923. The van der Waals surface area contributed by atoms with Crippen LogP contribution in [0.3, 0.4) is 0 Å². The maximum Gasteiger partial charge on any atom is 0.342 e. The van der Waals surface area contributed by atoms with Gasteiger partial charge in [-0.2, -0.15) is 0 Å². The van der Waals surface area contributed by atoms with Crippen LogP contribution in [0.5, 0.6) is 0 Å². The first-order chi connectivity index (χ1) is 8.19. The Balaban J connectivity index is 3.72. The third-order valence-corrected chi connectivity index (χ3v) is 4.01. The molecule has 18 heavy (non-hydrogen) atoms. The Hall–Kier alpha value is -2.00. The van der Waals surface area contributed by atoms with Crippen molar-refractivity contribution < 1.29 is 28.3 Å². The number of carbonyl (C=O) groups is 1. The zero-order valence-corrected chi connectivity index (χ0v) is 9.92. The smallest absolute Gasteiger partial charge is 0.342 e. The standard InChI is InChI=1S/C9H9NO7S/c1-5(11)18(16,17)7-4-2-3-6(9(12)13)8(7)10(14)15/h2-5,11H,1H3,(H,12,13). The number of hydrogen-bond acceptors (Lipinski definition) is 6. The zero-order chi connectivity index (χ0) is 14.1. The Labute approximate surface area is 102 Å². The van der Waals surface area contributed by atoms with Crippen LogP contribution in [0.4, 0.5) is 5.69 Å². The lowest BCUT2D eigenvalue weighted by Crippen LogP contribution is -2.19.